The van der Waals surface area contributed by atoms with Crippen LogP contribution >= 0.6 is 0 Å². The Balaban J connectivity index is 1.67. The molecule has 20 heavy (non-hydrogen) atoms. The van der Waals surface area contributed by atoms with Crippen LogP contribution in [0.15, 0.2) is 60.8 Å². The maximum atomic E-state index is 3.74. The van der Waals surface area contributed by atoms with Crippen LogP contribution in [0.2, 0.25) is 0 Å². The molecule has 2 nitrogen and oxygen atoms in total. The minimum absolute atomic E-state index is 0.156. The lowest BCUT2D eigenvalue weighted by Gasteiger charge is -2.19. The first-order valence-electron chi connectivity index (χ1n) is 7.16. The monoisotopic (exact) mass is 262 g/mol. The zero-order valence-corrected chi connectivity index (χ0v) is 11.6. The molecule has 4 rings (SSSR count). The zero-order chi connectivity index (χ0) is 13.6. The second-order valence-corrected chi connectivity index (χ2v) is 5.77. The molecule has 1 aliphatic rings. The molecule has 0 spiro atoms. The highest BCUT2D eigenvalue weighted by molar-refractivity contribution is 5.84. The number of aryl methyl sites for hydroxylation is 1. The summed E-state index contributed by atoms with van der Waals surface area (Å²) in [5.74, 6) is 0. The Hall–Kier alpha value is -2.22. The third-order valence-electron chi connectivity index (χ3n) is 4.35. The Morgan fingerprint density at radius 3 is 2.55 bits per heavy atom. The second-order valence-electron chi connectivity index (χ2n) is 5.77. The Bertz CT molecular complexity index is 751. The highest BCUT2D eigenvalue weighted by Gasteiger charge is 2.44. The number of anilines is 1. The third-order valence-corrected chi connectivity index (χ3v) is 4.35. The van der Waals surface area contributed by atoms with Crippen LogP contribution < -0.4 is 5.32 Å². The van der Waals surface area contributed by atoms with Crippen molar-refractivity contribution >= 4 is 16.6 Å². The van der Waals surface area contributed by atoms with Gasteiger partial charge in [-0.05, 0) is 42.7 Å². The SMILES string of the molecule is Cn1ccc2cc(NC3(c4ccccc4)CC3)ccc21. The Labute approximate surface area is 119 Å². The lowest BCUT2D eigenvalue weighted by atomic mass is 10.0. The number of aromatic nitrogens is 1. The van der Waals surface area contributed by atoms with Crippen LogP contribution in [0.5, 0.6) is 0 Å². The first kappa shape index (κ1) is 11.6. The molecular formula is C18H18N2. The number of hydrogen-bond donors (Lipinski definition) is 1. The highest BCUT2D eigenvalue weighted by atomic mass is 15.0. The van der Waals surface area contributed by atoms with E-state index in [-0.39, 0.29) is 5.54 Å². The van der Waals surface area contributed by atoms with E-state index >= 15 is 0 Å². The maximum Gasteiger partial charge on any atom is 0.0627 e. The molecule has 0 aliphatic heterocycles. The lowest BCUT2D eigenvalue weighted by molar-refractivity contribution is 0.809. The molecule has 1 aromatic heterocycles. The van der Waals surface area contributed by atoms with Crippen LogP contribution in [0.4, 0.5) is 5.69 Å². The predicted molar refractivity (Wildman–Crippen MR) is 83.9 cm³/mol. The van der Waals surface area contributed by atoms with Crippen LogP contribution in [0, 0.1) is 0 Å². The summed E-state index contributed by atoms with van der Waals surface area (Å²) in [6.45, 7) is 0. The highest BCUT2D eigenvalue weighted by Crippen LogP contribution is 2.48. The summed E-state index contributed by atoms with van der Waals surface area (Å²) in [4.78, 5) is 0. The average Bonchev–Trinajstić information content (AvgIpc) is 3.18. The fourth-order valence-corrected chi connectivity index (χ4v) is 3.00. The van der Waals surface area contributed by atoms with Gasteiger partial charge in [-0.2, -0.15) is 0 Å². The molecule has 1 saturated carbocycles. The topological polar surface area (TPSA) is 17.0 Å². The molecule has 0 bridgehead atoms. The molecule has 0 unspecified atom stereocenters. The van der Waals surface area contributed by atoms with E-state index in [4.69, 9.17) is 0 Å². The second kappa shape index (κ2) is 4.14. The minimum atomic E-state index is 0.156. The van der Waals surface area contributed by atoms with Gasteiger partial charge in [-0.15, -0.1) is 0 Å². The van der Waals surface area contributed by atoms with E-state index in [0.717, 1.165) is 0 Å². The van der Waals surface area contributed by atoms with E-state index in [2.05, 4.69) is 77.7 Å². The zero-order valence-electron chi connectivity index (χ0n) is 11.6. The first-order valence-corrected chi connectivity index (χ1v) is 7.16. The van der Waals surface area contributed by atoms with Crippen LogP contribution in [0.3, 0.4) is 0 Å². The molecule has 1 heterocycles. The van der Waals surface area contributed by atoms with Crippen LogP contribution in [0.25, 0.3) is 10.9 Å². The summed E-state index contributed by atoms with van der Waals surface area (Å²) in [7, 11) is 2.09. The van der Waals surface area contributed by atoms with Gasteiger partial charge in [0.25, 0.3) is 0 Å². The molecule has 1 aliphatic carbocycles. The molecule has 2 heteroatoms. The van der Waals surface area contributed by atoms with Crippen molar-refractivity contribution in [1.29, 1.82) is 0 Å². The van der Waals surface area contributed by atoms with Crippen molar-refractivity contribution in [3.63, 3.8) is 0 Å². The Kier molecular flexibility index (Phi) is 2.40. The Morgan fingerprint density at radius 2 is 1.80 bits per heavy atom. The maximum absolute atomic E-state index is 3.74. The summed E-state index contributed by atoms with van der Waals surface area (Å²) >= 11 is 0. The molecular weight excluding hydrogens is 244 g/mol. The van der Waals surface area contributed by atoms with Gasteiger partial charge in [0, 0.05) is 29.8 Å². The van der Waals surface area contributed by atoms with Crippen molar-refractivity contribution < 1.29 is 0 Å². The number of nitrogens with zero attached hydrogens (tertiary/aromatic N) is 1. The Morgan fingerprint density at radius 1 is 1.00 bits per heavy atom. The van der Waals surface area contributed by atoms with E-state index in [1.54, 1.807) is 0 Å². The molecule has 100 valence electrons. The molecule has 0 atom stereocenters. The van der Waals surface area contributed by atoms with Crippen molar-refractivity contribution in [3.8, 4) is 0 Å². The molecule has 2 aromatic carbocycles. The average molecular weight is 262 g/mol. The van der Waals surface area contributed by atoms with Gasteiger partial charge < -0.3 is 9.88 Å². The van der Waals surface area contributed by atoms with Crippen molar-refractivity contribution in [1.82, 2.24) is 4.57 Å². The molecule has 1 fully saturated rings. The van der Waals surface area contributed by atoms with Gasteiger partial charge in [0.15, 0.2) is 0 Å². The van der Waals surface area contributed by atoms with Crippen LogP contribution in [-0.2, 0) is 12.6 Å². The number of rotatable bonds is 3. The van der Waals surface area contributed by atoms with E-state index in [1.807, 2.05) is 0 Å². The molecule has 0 saturated heterocycles. The number of hydrogen-bond acceptors (Lipinski definition) is 1. The normalized spacial score (nSPS) is 16.2. The summed E-state index contributed by atoms with van der Waals surface area (Å²) in [6, 6.07) is 19.6. The fourth-order valence-electron chi connectivity index (χ4n) is 3.00. The van der Waals surface area contributed by atoms with Gasteiger partial charge in [-0.3, -0.25) is 0 Å². The molecule has 3 aromatic rings. The summed E-state index contributed by atoms with van der Waals surface area (Å²) in [5, 5.41) is 5.03. The molecule has 0 amide bonds. The predicted octanol–water partition coefficient (Wildman–Crippen LogP) is 4.28. The van der Waals surface area contributed by atoms with E-state index in [1.165, 1.54) is 35.0 Å². The molecule has 0 radical (unpaired) electrons. The third kappa shape index (κ3) is 1.80. The summed E-state index contributed by atoms with van der Waals surface area (Å²) in [6.07, 6.45) is 4.53. The first-order chi connectivity index (χ1) is 9.77. The van der Waals surface area contributed by atoms with Crippen LogP contribution in [0.1, 0.15) is 18.4 Å². The lowest BCUT2D eigenvalue weighted by Crippen LogP contribution is -2.18. The number of benzene rings is 2. The van der Waals surface area contributed by atoms with Crippen molar-refractivity contribution in [2.45, 2.75) is 18.4 Å². The minimum Gasteiger partial charge on any atom is -0.376 e. The quantitative estimate of drug-likeness (QED) is 0.745. The summed E-state index contributed by atoms with van der Waals surface area (Å²) < 4.78 is 2.16. The van der Waals surface area contributed by atoms with Crippen LogP contribution in [-0.4, -0.2) is 4.57 Å². The number of fused-ring (bicyclic) bond motifs is 1. The van der Waals surface area contributed by atoms with Crippen molar-refractivity contribution in [3.05, 3.63) is 66.4 Å². The van der Waals surface area contributed by atoms with Gasteiger partial charge in [-0.1, -0.05) is 30.3 Å². The molecule has 1 N–H and O–H groups in total. The van der Waals surface area contributed by atoms with Gasteiger partial charge in [0.05, 0.1) is 5.54 Å². The van der Waals surface area contributed by atoms with Crippen molar-refractivity contribution in [2.75, 3.05) is 5.32 Å². The van der Waals surface area contributed by atoms with Gasteiger partial charge >= 0.3 is 0 Å². The number of nitrogens with one attached hydrogen (secondary N) is 1. The fraction of sp³-hybridized carbons (Fsp3) is 0.222. The van der Waals surface area contributed by atoms with Gasteiger partial charge in [-0.25, -0.2) is 0 Å². The summed E-state index contributed by atoms with van der Waals surface area (Å²) in [5.41, 5.74) is 4.04. The largest absolute Gasteiger partial charge is 0.376 e. The van der Waals surface area contributed by atoms with Gasteiger partial charge in [0.1, 0.15) is 0 Å². The van der Waals surface area contributed by atoms with Crippen molar-refractivity contribution in [2.24, 2.45) is 7.05 Å². The van der Waals surface area contributed by atoms with Gasteiger partial charge in [0.2, 0.25) is 0 Å². The van der Waals surface area contributed by atoms with E-state index in [9.17, 15) is 0 Å². The standard InChI is InChI=1S/C18H18N2/c1-20-12-9-14-13-16(7-8-17(14)20)19-18(10-11-18)15-5-3-2-4-6-15/h2-9,12-13,19H,10-11H2,1H3. The smallest absolute Gasteiger partial charge is 0.0627 e. The van der Waals surface area contributed by atoms with E-state index in [0.29, 0.717) is 0 Å². The van der Waals surface area contributed by atoms with E-state index < -0.39 is 0 Å².